The number of para-hydroxylation sites is 1. The number of hydrogen-bond donors (Lipinski definition) is 4. The second-order valence-electron chi connectivity index (χ2n) is 4.50. The Morgan fingerprint density at radius 3 is 2.76 bits per heavy atom. The van der Waals surface area contributed by atoms with Crippen LogP contribution in [-0.4, -0.2) is 28.8 Å². The van der Waals surface area contributed by atoms with Crippen molar-refractivity contribution >= 4 is 12.0 Å². The molecule has 0 radical (unpaired) electrons. The highest BCUT2D eigenvalue weighted by atomic mass is 16.5. The molecule has 2 rings (SSSR count). The molecule has 4 N–H and O–H groups in total. The maximum atomic E-state index is 11.6. The molecular weight excluding hydrogens is 276 g/mol. The number of benzene rings is 1. The topological polar surface area (TPSA) is 108 Å². The molecule has 2 amide bonds. The van der Waals surface area contributed by atoms with Crippen molar-refractivity contribution in [3.8, 4) is 11.5 Å². The number of aliphatic carboxylic acids is 1. The average molecular weight is 292 g/mol. The van der Waals surface area contributed by atoms with Crippen molar-refractivity contribution in [3.05, 3.63) is 35.0 Å². The first-order valence-corrected chi connectivity index (χ1v) is 6.42. The number of carboxylic acids is 1. The van der Waals surface area contributed by atoms with E-state index < -0.39 is 18.0 Å². The Morgan fingerprint density at radius 1 is 1.43 bits per heavy atom. The predicted octanol–water partition coefficient (Wildman–Crippen LogP) is 1.50. The fourth-order valence-electron chi connectivity index (χ4n) is 2.25. The van der Waals surface area contributed by atoms with Crippen LogP contribution in [0, 0.1) is 0 Å². The summed E-state index contributed by atoms with van der Waals surface area (Å²) in [6, 6.07) is 3.27. The number of nitrogens with one attached hydrogen (secondary N) is 2. The van der Waals surface area contributed by atoms with Gasteiger partial charge in [0.05, 0.1) is 18.2 Å². The highest BCUT2D eigenvalue weighted by Crippen LogP contribution is 2.37. The van der Waals surface area contributed by atoms with E-state index in [1.54, 1.807) is 25.1 Å². The van der Waals surface area contributed by atoms with Crippen molar-refractivity contribution in [1.82, 2.24) is 10.6 Å². The molecule has 1 aliphatic heterocycles. The normalized spacial score (nSPS) is 18.0. The van der Waals surface area contributed by atoms with Crippen molar-refractivity contribution in [3.63, 3.8) is 0 Å². The highest BCUT2D eigenvalue weighted by Gasteiger charge is 2.33. The van der Waals surface area contributed by atoms with Gasteiger partial charge in [-0.05, 0) is 19.9 Å². The van der Waals surface area contributed by atoms with Gasteiger partial charge >= 0.3 is 12.0 Å². The fourth-order valence-corrected chi connectivity index (χ4v) is 2.25. The molecule has 1 unspecified atom stereocenters. The van der Waals surface area contributed by atoms with E-state index in [1.807, 2.05) is 0 Å². The van der Waals surface area contributed by atoms with Crippen LogP contribution in [0.4, 0.5) is 4.79 Å². The molecule has 1 aromatic rings. The molecule has 7 heteroatoms. The third-order valence-electron chi connectivity index (χ3n) is 3.14. The Balaban J connectivity index is 2.53. The third kappa shape index (κ3) is 2.76. The Bertz CT molecular complexity index is 624. The number of hydrogen-bond acceptors (Lipinski definition) is 4. The van der Waals surface area contributed by atoms with E-state index in [0.717, 1.165) is 0 Å². The van der Waals surface area contributed by atoms with E-state index in [0.29, 0.717) is 6.61 Å². The number of rotatable bonds is 4. The quantitative estimate of drug-likeness (QED) is 0.672. The molecule has 0 aromatic heterocycles. The predicted molar refractivity (Wildman–Crippen MR) is 74.0 cm³/mol. The van der Waals surface area contributed by atoms with Gasteiger partial charge in [-0.3, -0.25) is 0 Å². The SMILES string of the molecule is CCOc1cccc(C2NC(=O)NC(C)=C2C(=O)O)c1O. The molecule has 0 spiro atoms. The van der Waals surface area contributed by atoms with Gasteiger partial charge in [0.2, 0.25) is 0 Å². The Labute approximate surface area is 121 Å². The minimum atomic E-state index is -1.17. The van der Waals surface area contributed by atoms with Crippen LogP contribution in [0.3, 0.4) is 0 Å². The van der Waals surface area contributed by atoms with Crippen molar-refractivity contribution < 1.29 is 24.5 Å². The summed E-state index contributed by atoms with van der Waals surface area (Å²) in [4.78, 5) is 23.0. The number of allylic oxidation sites excluding steroid dienone is 1. The number of carbonyl (C=O) groups excluding carboxylic acids is 1. The van der Waals surface area contributed by atoms with Crippen molar-refractivity contribution in [2.24, 2.45) is 0 Å². The highest BCUT2D eigenvalue weighted by molar-refractivity contribution is 5.94. The molecule has 0 aliphatic carbocycles. The molecule has 1 aromatic carbocycles. The summed E-state index contributed by atoms with van der Waals surface area (Å²) in [5, 5.41) is 24.5. The summed E-state index contributed by atoms with van der Waals surface area (Å²) in [7, 11) is 0. The summed E-state index contributed by atoms with van der Waals surface area (Å²) < 4.78 is 5.28. The molecule has 1 atom stereocenters. The average Bonchev–Trinajstić information content (AvgIpc) is 2.40. The Morgan fingerprint density at radius 2 is 2.14 bits per heavy atom. The van der Waals surface area contributed by atoms with Crippen LogP contribution in [-0.2, 0) is 4.79 Å². The van der Waals surface area contributed by atoms with Gasteiger partial charge in [-0.25, -0.2) is 9.59 Å². The molecule has 1 heterocycles. The van der Waals surface area contributed by atoms with Crippen LogP contribution in [0.25, 0.3) is 0 Å². The second kappa shape index (κ2) is 5.74. The molecule has 0 bridgehead atoms. The van der Waals surface area contributed by atoms with Crippen molar-refractivity contribution in [1.29, 1.82) is 0 Å². The van der Waals surface area contributed by atoms with E-state index in [4.69, 9.17) is 4.74 Å². The van der Waals surface area contributed by atoms with E-state index >= 15 is 0 Å². The minimum Gasteiger partial charge on any atom is -0.504 e. The number of phenolic OH excluding ortho intramolecular Hbond substituents is 1. The first-order chi connectivity index (χ1) is 9.95. The lowest BCUT2D eigenvalue weighted by Gasteiger charge is -2.27. The van der Waals surface area contributed by atoms with E-state index in [-0.39, 0.29) is 28.3 Å². The number of ether oxygens (including phenoxy) is 1. The zero-order valence-electron chi connectivity index (χ0n) is 11.6. The zero-order chi connectivity index (χ0) is 15.6. The van der Waals surface area contributed by atoms with Gasteiger partial charge < -0.3 is 25.6 Å². The molecule has 1 aliphatic rings. The Kier molecular flexibility index (Phi) is 4.02. The number of aromatic hydroxyl groups is 1. The van der Waals surface area contributed by atoms with E-state index in [2.05, 4.69) is 10.6 Å². The number of urea groups is 1. The molecule has 21 heavy (non-hydrogen) atoms. The maximum Gasteiger partial charge on any atom is 0.335 e. The zero-order valence-corrected chi connectivity index (χ0v) is 11.6. The number of carbonyl (C=O) groups is 2. The molecule has 0 saturated carbocycles. The van der Waals surface area contributed by atoms with Crippen molar-refractivity contribution in [2.75, 3.05) is 6.61 Å². The molecular formula is C14H16N2O5. The summed E-state index contributed by atoms with van der Waals surface area (Å²) in [5.74, 6) is -1.12. The number of amides is 2. The van der Waals surface area contributed by atoms with Crippen LogP contribution in [0.15, 0.2) is 29.5 Å². The monoisotopic (exact) mass is 292 g/mol. The van der Waals surface area contributed by atoms with Gasteiger partial charge in [0.25, 0.3) is 0 Å². The van der Waals surface area contributed by atoms with Crippen LogP contribution >= 0.6 is 0 Å². The largest absolute Gasteiger partial charge is 0.504 e. The number of phenols is 1. The number of carboxylic acid groups (broad SMARTS) is 1. The lowest BCUT2D eigenvalue weighted by Crippen LogP contribution is -2.45. The lowest BCUT2D eigenvalue weighted by atomic mass is 9.94. The Hall–Kier alpha value is -2.70. The van der Waals surface area contributed by atoms with Gasteiger partial charge in [0, 0.05) is 11.3 Å². The van der Waals surface area contributed by atoms with Gasteiger partial charge in [0.15, 0.2) is 11.5 Å². The molecule has 0 saturated heterocycles. The van der Waals surface area contributed by atoms with E-state index in [9.17, 15) is 19.8 Å². The van der Waals surface area contributed by atoms with Gasteiger partial charge in [-0.15, -0.1) is 0 Å². The molecule has 112 valence electrons. The fraction of sp³-hybridized carbons (Fsp3) is 0.286. The van der Waals surface area contributed by atoms with Crippen LogP contribution in [0.5, 0.6) is 11.5 Å². The molecule has 0 fully saturated rings. The van der Waals surface area contributed by atoms with Gasteiger partial charge in [-0.1, -0.05) is 12.1 Å². The smallest absolute Gasteiger partial charge is 0.335 e. The summed E-state index contributed by atoms with van der Waals surface area (Å²) in [5.41, 5.74) is 0.476. The van der Waals surface area contributed by atoms with Crippen LogP contribution in [0.1, 0.15) is 25.5 Å². The lowest BCUT2D eigenvalue weighted by molar-refractivity contribution is -0.133. The molecule has 7 nitrogen and oxygen atoms in total. The van der Waals surface area contributed by atoms with Gasteiger partial charge in [-0.2, -0.15) is 0 Å². The van der Waals surface area contributed by atoms with Crippen molar-refractivity contribution in [2.45, 2.75) is 19.9 Å². The van der Waals surface area contributed by atoms with E-state index in [1.165, 1.54) is 6.92 Å². The first kappa shape index (κ1) is 14.7. The summed E-state index contributed by atoms with van der Waals surface area (Å²) in [6.45, 7) is 3.63. The van der Waals surface area contributed by atoms with Crippen LogP contribution < -0.4 is 15.4 Å². The third-order valence-corrected chi connectivity index (χ3v) is 3.14. The first-order valence-electron chi connectivity index (χ1n) is 6.42. The second-order valence-corrected chi connectivity index (χ2v) is 4.50. The summed E-state index contributed by atoms with van der Waals surface area (Å²) in [6.07, 6.45) is 0. The maximum absolute atomic E-state index is 11.6. The standard InChI is InChI=1S/C14H16N2O5/c1-3-21-9-6-4-5-8(12(9)17)11-10(13(18)19)7(2)15-14(20)16-11/h4-6,11,17H,3H2,1-2H3,(H,18,19)(H2,15,16,20). The minimum absolute atomic E-state index is 0.0291. The van der Waals surface area contributed by atoms with Gasteiger partial charge in [0.1, 0.15) is 0 Å². The van der Waals surface area contributed by atoms with Crippen LogP contribution in [0.2, 0.25) is 0 Å². The summed E-state index contributed by atoms with van der Waals surface area (Å²) >= 11 is 0.